The van der Waals surface area contributed by atoms with Crippen LogP contribution in [0.25, 0.3) is 0 Å². The van der Waals surface area contributed by atoms with Crippen LogP contribution >= 0.6 is 0 Å². The van der Waals surface area contributed by atoms with Gasteiger partial charge in [0.1, 0.15) is 11.7 Å². The van der Waals surface area contributed by atoms with E-state index in [-0.39, 0.29) is 30.5 Å². The SMILES string of the molecule is O=C(O[C@H]1C[C@@H](CO)[C@H]1CCOC(c1ccccc1)(c1ccccc1)c1ccccc1)c1ccccc1. The standard InChI is InChI=1S/C33H32O4/c34-24-26-23-31(37-32(35)25-13-5-1-6-14-25)30(26)21-22-36-33(27-15-7-2-8-16-27,28-17-9-3-10-18-28)29-19-11-4-12-20-29/h1-20,26,30-31,34H,21-24H2/t26-,30+,31-/m0/s1. The van der Waals surface area contributed by atoms with Gasteiger partial charge in [0.2, 0.25) is 0 Å². The van der Waals surface area contributed by atoms with Gasteiger partial charge < -0.3 is 14.6 Å². The number of carbonyl (C=O) groups is 1. The molecule has 1 saturated carbocycles. The molecule has 3 atom stereocenters. The van der Waals surface area contributed by atoms with E-state index in [4.69, 9.17) is 9.47 Å². The molecule has 0 amide bonds. The number of esters is 1. The summed E-state index contributed by atoms with van der Waals surface area (Å²) in [6.07, 6.45) is 1.11. The highest BCUT2D eigenvalue weighted by molar-refractivity contribution is 5.89. The highest BCUT2D eigenvalue weighted by Gasteiger charge is 2.44. The molecule has 1 N–H and O–H groups in total. The van der Waals surface area contributed by atoms with Crippen LogP contribution < -0.4 is 0 Å². The highest BCUT2D eigenvalue weighted by Crippen LogP contribution is 2.43. The van der Waals surface area contributed by atoms with Gasteiger partial charge in [-0.05, 0) is 47.6 Å². The van der Waals surface area contributed by atoms with E-state index in [2.05, 4.69) is 36.4 Å². The van der Waals surface area contributed by atoms with Crippen molar-refractivity contribution in [3.63, 3.8) is 0 Å². The molecule has 1 aliphatic rings. The van der Waals surface area contributed by atoms with Gasteiger partial charge in [0.05, 0.1) is 5.56 Å². The summed E-state index contributed by atoms with van der Waals surface area (Å²) < 4.78 is 12.8. The first-order valence-electron chi connectivity index (χ1n) is 12.9. The fourth-order valence-corrected chi connectivity index (χ4v) is 5.42. The maximum Gasteiger partial charge on any atom is 0.338 e. The summed E-state index contributed by atoms with van der Waals surface area (Å²) >= 11 is 0. The van der Waals surface area contributed by atoms with Crippen LogP contribution in [-0.4, -0.2) is 30.4 Å². The summed E-state index contributed by atoms with van der Waals surface area (Å²) in [6.45, 7) is 0.518. The minimum Gasteiger partial charge on any atom is -0.458 e. The van der Waals surface area contributed by atoms with Gasteiger partial charge in [0, 0.05) is 19.1 Å². The third kappa shape index (κ3) is 5.22. The summed E-state index contributed by atoms with van der Waals surface area (Å²) in [5.41, 5.74) is 2.89. The van der Waals surface area contributed by atoms with Gasteiger partial charge in [-0.2, -0.15) is 0 Å². The molecule has 4 nitrogen and oxygen atoms in total. The van der Waals surface area contributed by atoms with Gasteiger partial charge in [-0.15, -0.1) is 0 Å². The van der Waals surface area contributed by atoms with E-state index in [0.717, 1.165) is 16.7 Å². The van der Waals surface area contributed by atoms with Crippen LogP contribution in [0.1, 0.15) is 39.9 Å². The second-order valence-corrected chi connectivity index (χ2v) is 9.57. The molecule has 1 aliphatic carbocycles. The fourth-order valence-electron chi connectivity index (χ4n) is 5.42. The molecule has 5 rings (SSSR count). The second kappa shape index (κ2) is 11.5. The number of rotatable bonds is 10. The van der Waals surface area contributed by atoms with Crippen LogP contribution in [-0.2, 0) is 15.1 Å². The minimum absolute atomic E-state index is 0.0395. The first-order valence-corrected chi connectivity index (χ1v) is 12.9. The molecule has 1 fully saturated rings. The number of ether oxygens (including phenoxy) is 2. The molecule has 4 aromatic rings. The number of aliphatic hydroxyl groups excluding tert-OH is 1. The van der Waals surface area contributed by atoms with Crippen molar-refractivity contribution in [2.45, 2.75) is 24.5 Å². The Hall–Kier alpha value is -3.73. The average Bonchev–Trinajstić information content (AvgIpc) is 2.97. The molecule has 0 saturated heterocycles. The van der Waals surface area contributed by atoms with Crippen LogP contribution in [0.3, 0.4) is 0 Å². The molecule has 0 aromatic heterocycles. The molecule has 0 spiro atoms. The van der Waals surface area contributed by atoms with E-state index in [1.165, 1.54) is 0 Å². The molecule has 4 heteroatoms. The summed E-state index contributed by atoms with van der Waals surface area (Å²) in [5.74, 6) is -0.186. The zero-order valence-electron chi connectivity index (χ0n) is 20.8. The first kappa shape index (κ1) is 24.9. The quantitative estimate of drug-likeness (QED) is 0.210. The molecule has 0 bridgehead atoms. The number of hydrogen-bond donors (Lipinski definition) is 1. The molecule has 0 radical (unpaired) electrons. The molecule has 4 aromatic carbocycles. The van der Waals surface area contributed by atoms with E-state index in [9.17, 15) is 9.90 Å². The topological polar surface area (TPSA) is 55.8 Å². The highest BCUT2D eigenvalue weighted by atomic mass is 16.5. The van der Waals surface area contributed by atoms with Crippen LogP contribution in [0.4, 0.5) is 0 Å². The fraction of sp³-hybridized carbons (Fsp3) is 0.242. The lowest BCUT2D eigenvalue weighted by atomic mass is 9.69. The molecule has 0 aliphatic heterocycles. The lowest BCUT2D eigenvalue weighted by molar-refractivity contribution is -0.0903. The van der Waals surface area contributed by atoms with Gasteiger partial charge in [-0.3, -0.25) is 0 Å². The zero-order valence-corrected chi connectivity index (χ0v) is 20.8. The van der Waals surface area contributed by atoms with Crippen molar-refractivity contribution in [2.75, 3.05) is 13.2 Å². The van der Waals surface area contributed by atoms with Gasteiger partial charge in [-0.25, -0.2) is 4.79 Å². The van der Waals surface area contributed by atoms with Crippen molar-refractivity contribution in [1.82, 2.24) is 0 Å². The van der Waals surface area contributed by atoms with Crippen LogP contribution in [0.15, 0.2) is 121 Å². The third-order valence-electron chi connectivity index (χ3n) is 7.43. The Morgan fingerprint density at radius 3 is 1.65 bits per heavy atom. The maximum absolute atomic E-state index is 12.7. The number of aliphatic hydroxyl groups is 1. The normalized spacial score (nSPS) is 19.1. The Morgan fingerprint density at radius 2 is 1.19 bits per heavy atom. The van der Waals surface area contributed by atoms with Crippen molar-refractivity contribution in [3.05, 3.63) is 144 Å². The lowest BCUT2D eigenvalue weighted by Crippen LogP contribution is -2.47. The Morgan fingerprint density at radius 1 is 0.730 bits per heavy atom. The van der Waals surface area contributed by atoms with Gasteiger partial charge in [0.25, 0.3) is 0 Å². The Kier molecular flexibility index (Phi) is 7.79. The Balaban J connectivity index is 1.39. The van der Waals surface area contributed by atoms with Crippen molar-refractivity contribution >= 4 is 5.97 Å². The number of carbonyl (C=O) groups excluding carboxylic acids is 1. The zero-order chi connectivity index (χ0) is 25.5. The molecular formula is C33H32O4. The predicted octanol–water partition coefficient (Wildman–Crippen LogP) is 6.24. The number of hydrogen-bond acceptors (Lipinski definition) is 4. The van der Waals surface area contributed by atoms with Crippen molar-refractivity contribution in [2.24, 2.45) is 11.8 Å². The van der Waals surface area contributed by atoms with E-state index >= 15 is 0 Å². The Labute approximate surface area is 218 Å². The van der Waals surface area contributed by atoms with Gasteiger partial charge in [0.15, 0.2) is 0 Å². The van der Waals surface area contributed by atoms with Crippen LogP contribution in [0.2, 0.25) is 0 Å². The third-order valence-corrected chi connectivity index (χ3v) is 7.43. The minimum atomic E-state index is -0.793. The van der Waals surface area contributed by atoms with Gasteiger partial charge in [-0.1, -0.05) is 109 Å². The Bertz CT molecular complexity index is 1160. The summed E-state index contributed by atoms with van der Waals surface area (Å²) in [6, 6.07) is 39.9. The van der Waals surface area contributed by atoms with E-state index in [1.54, 1.807) is 12.1 Å². The molecule has 188 valence electrons. The van der Waals surface area contributed by atoms with E-state index in [0.29, 0.717) is 25.0 Å². The van der Waals surface area contributed by atoms with Crippen LogP contribution in [0, 0.1) is 11.8 Å². The largest absolute Gasteiger partial charge is 0.458 e. The smallest absolute Gasteiger partial charge is 0.338 e. The second-order valence-electron chi connectivity index (χ2n) is 9.57. The summed E-state index contributed by atoms with van der Waals surface area (Å²) in [7, 11) is 0. The molecule has 0 unspecified atom stereocenters. The van der Waals surface area contributed by atoms with Crippen LogP contribution in [0.5, 0.6) is 0 Å². The monoisotopic (exact) mass is 492 g/mol. The van der Waals surface area contributed by atoms with E-state index in [1.807, 2.05) is 72.8 Å². The van der Waals surface area contributed by atoms with Gasteiger partial charge >= 0.3 is 5.97 Å². The van der Waals surface area contributed by atoms with E-state index < -0.39 is 5.60 Å². The van der Waals surface area contributed by atoms with Crippen molar-refractivity contribution < 1.29 is 19.4 Å². The molecule has 37 heavy (non-hydrogen) atoms. The first-order chi connectivity index (χ1) is 18.2. The molecular weight excluding hydrogens is 460 g/mol. The van der Waals surface area contributed by atoms with Crippen molar-refractivity contribution in [3.8, 4) is 0 Å². The lowest BCUT2D eigenvalue weighted by Gasteiger charge is -2.44. The summed E-state index contributed by atoms with van der Waals surface area (Å²) in [5, 5.41) is 9.94. The predicted molar refractivity (Wildman–Crippen MR) is 144 cm³/mol. The summed E-state index contributed by atoms with van der Waals surface area (Å²) in [4.78, 5) is 12.7. The molecule has 0 heterocycles. The maximum atomic E-state index is 12.7. The van der Waals surface area contributed by atoms with Crippen molar-refractivity contribution in [1.29, 1.82) is 0 Å². The number of benzene rings is 4. The average molecular weight is 493 g/mol.